The number of nitrogens with one attached hydrogen (secondary N) is 1. The quantitative estimate of drug-likeness (QED) is 0.536. The Morgan fingerprint density at radius 2 is 1.56 bits per heavy atom. The van der Waals surface area contributed by atoms with Gasteiger partial charge in [0.2, 0.25) is 0 Å². The van der Waals surface area contributed by atoms with Crippen LogP contribution in [0.4, 0.5) is 0 Å². The van der Waals surface area contributed by atoms with Crippen LogP contribution in [0.15, 0.2) is 59.7 Å². The summed E-state index contributed by atoms with van der Waals surface area (Å²) in [5, 5.41) is 5.93. The summed E-state index contributed by atoms with van der Waals surface area (Å²) in [6.07, 6.45) is 1.50. The zero-order valence-corrected chi connectivity index (χ0v) is 15.4. The van der Waals surface area contributed by atoms with Gasteiger partial charge in [-0.25, -0.2) is 5.43 Å². The maximum Gasteiger partial charge on any atom is 0.271 e. The van der Waals surface area contributed by atoms with E-state index in [1.165, 1.54) is 6.21 Å². The first-order valence-electron chi connectivity index (χ1n) is 8.29. The van der Waals surface area contributed by atoms with Crippen LogP contribution in [0.1, 0.15) is 15.9 Å². The van der Waals surface area contributed by atoms with E-state index in [9.17, 15) is 4.79 Å². The molecule has 0 bridgehead atoms. The van der Waals surface area contributed by atoms with Gasteiger partial charge in [0.15, 0.2) is 11.5 Å². The van der Waals surface area contributed by atoms with Gasteiger partial charge in [0.25, 0.3) is 5.91 Å². The first-order valence-corrected chi connectivity index (χ1v) is 8.29. The van der Waals surface area contributed by atoms with Crippen molar-refractivity contribution in [1.82, 2.24) is 5.43 Å². The topological polar surface area (TPSA) is 69.2 Å². The second-order valence-electron chi connectivity index (χ2n) is 5.67. The van der Waals surface area contributed by atoms with Crippen molar-refractivity contribution in [1.29, 1.82) is 0 Å². The summed E-state index contributed by atoms with van der Waals surface area (Å²) in [7, 11) is 4.65. The SMILES string of the molecule is COc1cc(OC)c(OC)cc1/C=N\NC(=O)c1cccc2ccccc12. The van der Waals surface area contributed by atoms with Crippen molar-refractivity contribution < 1.29 is 19.0 Å². The lowest BCUT2D eigenvalue weighted by Gasteiger charge is -2.11. The number of carbonyl (C=O) groups is 1. The van der Waals surface area contributed by atoms with Gasteiger partial charge < -0.3 is 14.2 Å². The number of hydrogen-bond donors (Lipinski definition) is 1. The molecule has 0 aliphatic heterocycles. The summed E-state index contributed by atoms with van der Waals surface area (Å²) in [5.74, 6) is 1.35. The van der Waals surface area contributed by atoms with Crippen molar-refractivity contribution in [2.45, 2.75) is 0 Å². The molecule has 1 amide bonds. The standard InChI is InChI=1S/C21H20N2O4/c1-25-18-12-20(27-3)19(26-2)11-15(18)13-22-23-21(24)17-10-6-8-14-7-4-5-9-16(14)17/h4-13H,1-3H3,(H,23,24)/b22-13-. The molecule has 1 N–H and O–H groups in total. The van der Waals surface area contributed by atoms with Gasteiger partial charge in [-0.15, -0.1) is 0 Å². The highest BCUT2D eigenvalue weighted by Crippen LogP contribution is 2.33. The molecule has 0 radical (unpaired) electrons. The Hall–Kier alpha value is -3.54. The van der Waals surface area contributed by atoms with Gasteiger partial charge in [0, 0.05) is 17.2 Å². The number of ether oxygens (including phenoxy) is 3. The van der Waals surface area contributed by atoms with Crippen LogP contribution < -0.4 is 19.6 Å². The van der Waals surface area contributed by atoms with Gasteiger partial charge in [-0.2, -0.15) is 5.10 Å². The van der Waals surface area contributed by atoms with Crippen LogP contribution in [-0.4, -0.2) is 33.5 Å². The van der Waals surface area contributed by atoms with Crippen LogP contribution in [0.5, 0.6) is 17.2 Å². The normalized spacial score (nSPS) is 10.8. The van der Waals surface area contributed by atoms with E-state index in [2.05, 4.69) is 10.5 Å². The van der Waals surface area contributed by atoms with Crippen molar-refractivity contribution in [3.8, 4) is 17.2 Å². The van der Waals surface area contributed by atoms with Crippen LogP contribution in [0.25, 0.3) is 10.8 Å². The molecule has 27 heavy (non-hydrogen) atoms. The molecule has 138 valence electrons. The molecular weight excluding hydrogens is 344 g/mol. The lowest BCUT2D eigenvalue weighted by Crippen LogP contribution is -2.18. The minimum atomic E-state index is -0.289. The fraction of sp³-hybridized carbons (Fsp3) is 0.143. The summed E-state index contributed by atoms with van der Waals surface area (Å²) in [6.45, 7) is 0. The fourth-order valence-corrected chi connectivity index (χ4v) is 2.80. The van der Waals surface area contributed by atoms with Crippen LogP contribution in [0.3, 0.4) is 0 Å². The molecule has 0 saturated heterocycles. The van der Waals surface area contributed by atoms with Gasteiger partial charge in [-0.1, -0.05) is 36.4 Å². The van der Waals surface area contributed by atoms with E-state index in [1.54, 1.807) is 39.5 Å². The number of nitrogens with zero attached hydrogens (tertiary/aromatic N) is 1. The number of amides is 1. The largest absolute Gasteiger partial charge is 0.496 e. The molecule has 0 fully saturated rings. The number of hydrazone groups is 1. The minimum absolute atomic E-state index is 0.289. The van der Waals surface area contributed by atoms with Crippen molar-refractivity contribution in [2.24, 2.45) is 5.10 Å². The van der Waals surface area contributed by atoms with E-state index in [-0.39, 0.29) is 5.91 Å². The highest BCUT2D eigenvalue weighted by molar-refractivity contribution is 6.07. The third-order valence-electron chi connectivity index (χ3n) is 4.14. The highest BCUT2D eigenvalue weighted by atomic mass is 16.5. The second-order valence-corrected chi connectivity index (χ2v) is 5.67. The monoisotopic (exact) mass is 364 g/mol. The fourth-order valence-electron chi connectivity index (χ4n) is 2.80. The molecule has 0 aliphatic carbocycles. The van der Waals surface area contributed by atoms with Crippen molar-refractivity contribution in [3.05, 3.63) is 65.7 Å². The summed E-state index contributed by atoms with van der Waals surface area (Å²) >= 11 is 0. The van der Waals surface area contributed by atoms with Gasteiger partial charge in [-0.3, -0.25) is 4.79 Å². The van der Waals surface area contributed by atoms with E-state index in [4.69, 9.17) is 14.2 Å². The van der Waals surface area contributed by atoms with Gasteiger partial charge >= 0.3 is 0 Å². The molecule has 0 heterocycles. The molecule has 3 aromatic carbocycles. The van der Waals surface area contributed by atoms with Gasteiger partial charge in [0.1, 0.15) is 5.75 Å². The number of fused-ring (bicyclic) bond motifs is 1. The second kappa shape index (κ2) is 8.23. The summed E-state index contributed by atoms with van der Waals surface area (Å²) in [5.41, 5.74) is 3.77. The van der Waals surface area contributed by atoms with E-state index in [0.29, 0.717) is 28.4 Å². The number of rotatable bonds is 6. The predicted octanol–water partition coefficient (Wildman–Crippen LogP) is 3.63. The third-order valence-corrected chi connectivity index (χ3v) is 4.14. The average Bonchev–Trinajstić information content (AvgIpc) is 2.72. The molecule has 0 atom stereocenters. The Kier molecular flexibility index (Phi) is 5.56. The minimum Gasteiger partial charge on any atom is -0.496 e. The first kappa shape index (κ1) is 18.3. The van der Waals surface area contributed by atoms with Gasteiger partial charge in [-0.05, 0) is 22.9 Å². The van der Waals surface area contributed by atoms with Crippen LogP contribution in [0, 0.1) is 0 Å². The predicted molar refractivity (Wildman–Crippen MR) is 105 cm³/mol. The van der Waals surface area contributed by atoms with Crippen LogP contribution >= 0.6 is 0 Å². The van der Waals surface area contributed by atoms with E-state index in [0.717, 1.165) is 10.8 Å². The molecule has 0 aromatic heterocycles. The van der Waals surface area contributed by atoms with Crippen LogP contribution in [-0.2, 0) is 0 Å². The molecule has 6 heteroatoms. The molecule has 3 aromatic rings. The molecule has 0 unspecified atom stereocenters. The number of benzene rings is 3. The maximum atomic E-state index is 12.5. The summed E-state index contributed by atoms with van der Waals surface area (Å²) in [6, 6.07) is 16.7. The van der Waals surface area contributed by atoms with E-state index in [1.807, 2.05) is 36.4 Å². The third kappa shape index (κ3) is 3.84. The molecule has 6 nitrogen and oxygen atoms in total. The first-order chi connectivity index (χ1) is 13.2. The van der Waals surface area contributed by atoms with Crippen molar-refractivity contribution >= 4 is 22.9 Å². The van der Waals surface area contributed by atoms with Crippen LogP contribution in [0.2, 0.25) is 0 Å². The van der Waals surface area contributed by atoms with Crippen molar-refractivity contribution in [3.63, 3.8) is 0 Å². The summed E-state index contributed by atoms with van der Waals surface area (Å²) in [4.78, 5) is 12.5. The highest BCUT2D eigenvalue weighted by Gasteiger charge is 2.11. The lowest BCUT2D eigenvalue weighted by molar-refractivity contribution is 0.0957. The van der Waals surface area contributed by atoms with E-state index < -0.39 is 0 Å². The Balaban J connectivity index is 1.84. The number of hydrogen-bond acceptors (Lipinski definition) is 5. The Morgan fingerprint density at radius 3 is 2.30 bits per heavy atom. The maximum absolute atomic E-state index is 12.5. The van der Waals surface area contributed by atoms with E-state index >= 15 is 0 Å². The molecule has 3 rings (SSSR count). The molecule has 0 saturated carbocycles. The Morgan fingerprint density at radius 1 is 0.889 bits per heavy atom. The average molecular weight is 364 g/mol. The van der Waals surface area contributed by atoms with Crippen molar-refractivity contribution in [2.75, 3.05) is 21.3 Å². The smallest absolute Gasteiger partial charge is 0.271 e. The molecular formula is C21H20N2O4. The molecule has 0 spiro atoms. The molecule has 0 aliphatic rings. The Bertz CT molecular complexity index is 993. The van der Waals surface area contributed by atoms with Gasteiger partial charge in [0.05, 0.1) is 27.5 Å². The Labute approximate surface area is 157 Å². The zero-order valence-electron chi connectivity index (χ0n) is 15.4. The number of carbonyl (C=O) groups excluding carboxylic acids is 1. The number of methoxy groups -OCH3 is 3. The summed E-state index contributed by atoms with van der Waals surface area (Å²) < 4.78 is 15.9. The zero-order chi connectivity index (χ0) is 19.2. The lowest BCUT2D eigenvalue weighted by atomic mass is 10.0.